The summed E-state index contributed by atoms with van der Waals surface area (Å²) in [5.74, 6) is -1.66. The molecule has 124 valence electrons. The summed E-state index contributed by atoms with van der Waals surface area (Å²) in [5, 5.41) is 12.0. The first-order valence-electron chi connectivity index (χ1n) is 7.25. The van der Waals surface area contributed by atoms with Gasteiger partial charge in [0.1, 0.15) is 17.3 Å². The van der Waals surface area contributed by atoms with Crippen LogP contribution >= 0.6 is 0 Å². The van der Waals surface area contributed by atoms with Crippen molar-refractivity contribution in [1.29, 1.82) is 0 Å². The van der Waals surface area contributed by atoms with E-state index in [1.807, 2.05) is 0 Å². The molecule has 1 heterocycles. The molecule has 1 aromatic rings. The number of amides is 3. The number of nitrogens with zero attached hydrogens (tertiary/aromatic N) is 1. The molecule has 0 bridgehead atoms. The maximum Gasteiger partial charge on any atom is 0.327 e. The van der Waals surface area contributed by atoms with E-state index in [0.717, 1.165) is 4.90 Å². The Bertz CT molecular complexity index is 658. The van der Waals surface area contributed by atoms with Gasteiger partial charge in [0.2, 0.25) is 0 Å². The van der Waals surface area contributed by atoms with Crippen LogP contribution in [0.3, 0.4) is 0 Å². The van der Waals surface area contributed by atoms with E-state index >= 15 is 0 Å². The Morgan fingerprint density at radius 1 is 1.35 bits per heavy atom. The number of urea groups is 1. The molecule has 2 atom stereocenters. The van der Waals surface area contributed by atoms with E-state index in [1.165, 1.54) is 7.11 Å². The lowest BCUT2D eigenvalue weighted by atomic mass is 9.91. The van der Waals surface area contributed by atoms with Crippen LogP contribution < -0.4 is 10.1 Å². The first kappa shape index (κ1) is 16.8. The summed E-state index contributed by atoms with van der Waals surface area (Å²) in [6, 6.07) is 4.84. The molecule has 2 N–H and O–H groups in total. The van der Waals surface area contributed by atoms with Crippen molar-refractivity contribution >= 4 is 17.9 Å². The molecule has 2 rings (SSSR count). The van der Waals surface area contributed by atoms with Gasteiger partial charge in [-0.1, -0.05) is 26.0 Å². The number of ether oxygens (including phenoxy) is 1. The molecule has 7 nitrogen and oxygen atoms in total. The van der Waals surface area contributed by atoms with Crippen molar-refractivity contribution < 1.29 is 24.2 Å². The molecule has 0 radical (unpaired) electrons. The Morgan fingerprint density at radius 2 is 2.00 bits per heavy atom. The minimum Gasteiger partial charge on any atom is -0.497 e. The Balaban J connectivity index is 2.45. The van der Waals surface area contributed by atoms with Crippen LogP contribution in [0.25, 0.3) is 0 Å². The van der Waals surface area contributed by atoms with Gasteiger partial charge in [-0.2, -0.15) is 0 Å². The van der Waals surface area contributed by atoms with Crippen LogP contribution in [0.5, 0.6) is 5.75 Å². The molecule has 0 saturated carbocycles. The van der Waals surface area contributed by atoms with Crippen LogP contribution in [0.15, 0.2) is 24.3 Å². The molecular formula is C16H20N2O5. The fraction of sp³-hybridized carbons (Fsp3) is 0.438. The van der Waals surface area contributed by atoms with E-state index in [-0.39, 0.29) is 0 Å². The lowest BCUT2D eigenvalue weighted by molar-refractivity contribution is -0.149. The van der Waals surface area contributed by atoms with Gasteiger partial charge in [-0.25, -0.2) is 14.5 Å². The van der Waals surface area contributed by atoms with Crippen molar-refractivity contribution in [2.45, 2.75) is 32.4 Å². The molecule has 1 aliphatic rings. The van der Waals surface area contributed by atoms with Gasteiger partial charge in [-0.3, -0.25) is 4.79 Å². The number of hydrogen-bond donors (Lipinski definition) is 2. The summed E-state index contributed by atoms with van der Waals surface area (Å²) in [7, 11) is 1.50. The zero-order valence-electron chi connectivity index (χ0n) is 13.5. The number of imide groups is 1. The molecule has 0 spiro atoms. The third-order valence-corrected chi connectivity index (χ3v) is 4.03. The van der Waals surface area contributed by atoms with Gasteiger partial charge in [0, 0.05) is 0 Å². The molecule has 0 aromatic heterocycles. The Hall–Kier alpha value is -2.57. The topological polar surface area (TPSA) is 95.9 Å². The van der Waals surface area contributed by atoms with Crippen molar-refractivity contribution in [2.24, 2.45) is 5.92 Å². The highest BCUT2D eigenvalue weighted by Gasteiger charge is 2.53. The second-order valence-electron chi connectivity index (χ2n) is 5.99. The van der Waals surface area contributed by atoms with E-state index in [4.69, 9.17) is 4.74 Å². The minimum atomic E-state index is -1.33. The van der Waals surface area contributed by atoms with Crippen LogP contribution in [0, 0.1) is 5.92 Å². The molecule has 0 aliphatic carbocycles. The van der Waals surface area contributed by atoms with Crippen molar-refractivity contribution in [3.8, 4) is 5.75 Å². The number of hydrogen-bond acceptors (Lipinski definition) is 4. The zero-order chi connectivity index (χ0) is 17.4. The molecule has 23 heavy (non-hydrogen) atoms. The molecule has 2 unspecified atom stereocenters. The number of benzene rings is 1. The van der Waals surface area contributed by atoms with Crippen LogP contribution in [0.1, 0.15) is 26.3 Å². The number of carbonyl (C=O) groups is 3. The average molecular weight is 320 g/mol. The maximum absolute atomic E-state index is 12.8. The zero-order valence-corrected chi connectivity index (χ0v) is 13.5. The minimum absolute atomic E-state index is 0.408. The van der Waals surface area contributed by atoms with Crippen molar-refractivity contribution in [2.75, 3.05) is 7.11 Å². The largest absolute Gasteiger partial charge is 0.497 e. The lowest BCUT2D eigenvalue weighted by Gasteiger charge is -2.27. The molecular weight excluding hydrogens is 300 g/mol. The summed E-state index contributed by atoms with van der Waals surface area (Å²) in [4.78, 5) is 37.4. The van der Waals surface area contributed by atoms with E-state index < -0.39 is 35.4 Å². The monoisotopic (exact) mass is 320 g/mol. The predicted molar refractivity (Wildman–Crippen MR) is 82.0 cm³/mol. The van der Waals surface area contributed by atoms with Gasteiger partial charge in [-0.05, 0) is 30.5 Å². The van der Waals surface area contributed by atoms with E-state index in [1.54, 1.807) is 45.0 Å². The molecule has 3 amide bonds. The third kappa shape index (κ3) is 2.74. The highest BCUT2D eigenvalue weighted by molar-refractivity contribution is 6.09. The van der Waals surface area contributed by atoms with Crippen LogP contribution in [-0.2, 0) is 15.1 Å². The fourth-order valence-corrected chi connectivity index (χ4v) is 2.74. The number of carboxylic acids is 1. The quantitative estimate of drug-likeness (QED) is 0.803. The number of methoxy groups -OCH3 is 1. The van der Waals surface area contributed by atoms with Gasteiger partial charge in [-0.15, -0.1) is 0 Å². The number of carboxylic acid groups (broad SMARTS) is 1. The number of nitrogens with one attached hydrogen (secondary N) is 1. The summed E-state index contributed by atoms with van der Waals surface area (Å²) < 4.78 is 5.14. The molecule has 1 aromatic carbocycles. The number of aliphatic carboxylic acids is 1. The SMILES string of the molecule is COc1cccc(C2(C)NC(=O)N(C(C(=O)O)C(C)C)C2=O)c1. The number of rotatable bonds is 5. The van der Waals surface area contributed by atoms with Gasteiger partial charge in [0.15, 0.2) is 0 Å². The van der Waals surface area contributed by atoms with Gasteiger partial charge in [0.05, 0.1) is 7.11 Å². The molecule has 7 heteroatoms. The summed E-state index contributed by atoms with van der Waals surface area (Å²) in [5.41, 5.74) is -0.792. The van der Waals surface area contributed by atoms with Crippen LogP contribution in [0.2, 0.25) is 0 Å². The number of carbonyl (C=O) groups excluding carboxylic acids is 2. The standard InChI is InChI=1S/C16H20N2O5/c1-9(2)12(13(19)20)18-14(21)16(3,17-15(18)22)10-6-5-7-11(8-10)23-4/h5-9,12H,1-4H3,(H,17,22)(H,19,20). The molecule has 1 fully saturated rings. The maximum atomic E-state index is 12.8. The summed E-state index contributed by atoms with van der Waals surface area (Å²) in [6.45, 7) is 4.86. The highest BCUT2D eigenvalue weighted by atomic mass is 16.5. The molecule has 1 saturated heterocycles. The third-order valence-electron chi connectivity index (χ3n) is 4.03. The van der Waals surface area contributed by atoms with Crippen molar-refractivity contribution in [3.63, 3.8) is 0 Å². The second kappa shape index (κ2) is 5.91. The van der Waals surface area contributed by atoms with Gasteiger partial charge in [0.25, 0.3) is 5.91 Å². The second-order valence-corrected chi connectivity index (χ2v) is 5.99. The molecule has 1 aliphatic heterocycles. The summed E-state index contributed by atoms with van der Waals surface area (Å²) >= 11 is 0. The Kier molecular flexibility index (Phi) is 4.31. The fourth-order valence-electron chi connectivity index (χ4n) is 2.74. The predicted octanol–water partition coefficient (Wildman–Crippen LogP) is 1.57. The van der Waals surface area contributed by atoms with Gasteiger partial charge >= 0.3 is 12.0 Å². The van der Waals surface area contributed by atoms with E-state index in [2.05, 4.69) is 5.32 Å². The lowest BCUT2D eigenvalue weighted by Crippen LogP contribution is -2.49. The highest BCUT2D eigenvalue weighted by Crippen LogP contribution is 2.33. The average Bonchev–Trinajstić information content (AvgIpc) is 2.71. The Labute approximate surface area is 134 Å². The van der Waals surface area contributed by atoms with Crippen LogP contribution in [-0.4, -0.2) is 41.1 Å². The normalized spacial score (nSPS) is 22.2. The van der Waals surface area contributed by atoms with E-state index in [9.17, 15) is 19.5 Å². The van der Waals surface area contributed by atoms with Crippen molar-refractivity contribution in [3.05, 3.63) is 29.8 Å². The first-order valence-corrected chi connectivity index (χ1v) is 7.25. The smallest absolute Gasteiger partial charge is 0.327 e. The summed E-state index contributed by atoms with van der Waals surface area (Å²) in [6.07, 6.45) is 0. The first-order chi connectivity index (χ1) is 10.7. The van der Waals surface area contributed by atoms with Crippen LogP contribution in [0.4, 0.5) is 4.79 Å². The van der Waals surface area contributed by atoms with E-state index in [0.29, 0.717) is 11.3 Å². The Morgan fingerprint density at radius 3 is 2.52 bits per heavy atom. The van der Waals surface area contributed by atoms with Gasteiger partial charge < -0.3 is 15.2 Å². The van der Waals surface area contributed by atoms with Crippen molar-refractivity contribution in [1.82, 2.24) is 10.2 Å².